The van der Waals surface area contributed by atoms with E-state index in [1.54, 1.807) is 12.1 Å². The fourth-order valence-electron chi connectivity index (χ4n) is 2.50. The minimum atomic E-state index is -0.754. The minimum Gasteiger partial charge on any atom is -0.396 e. The van der Waals surface area contributed by atoms with Gasteiger partial charge in [-0.3, -0.25) is 9.59 Å². The Kier molecular flexibility index (Phi) is 4.97. The molecular weight excluding hydrogens is 324 g/mol. The van der Waals surface area contributed by atoms with E-state index in [1.807, 2.05) is 35.7 Å². The van der Waals surface area contributed by atoms with E-state index < -0.39 is 6.04 Å². The van der Waals surface area contributed by atoms with Gasteiger partial charge in [0.2, 0.25) is 5.91 Å². The van der Waals surface area contributed by atoms with E-state index in [0.717, 1.165) is 18.4 Å². The van der Waals surface area contributed by atoms with E-state index in [-0.39, 0.29) is 23.8 Å². The Labute approximate surface area is 144 Å². The lowest BCUT2D eigenvalue weighted by Crippen LogP contribution is -2.42. The molecule has 1 aromatic carbocycles. The summed E-state index contributed by atoms with van der Waals surface area (Å²) in [6.07, 6.45) is 1.84. The second kappa shape index (κ2) is 7.15. The van der Waals surface area contributed by atoms with Gasteiger partial charge in [0.1, 0.15) is 6.04 Å². The molecule has 1 atom stereocenters. The lowest BCUT2D eigenvalue weighted by atomic mass is 10.0. The van der Waals surface area contributed by atoms with Gasteiger partial charge in [0.15, 0.2) is 0 Å². The molecule has 1 saturated carbocycles. The molecule has 3 rings (SSSR count). The molecule has 0 aliphatic heterocycles. The van der Waals surface area contributed by atoms with Crippen LogP contribution in [-0.4, -0.2) is 30.1 Å². The molecule has 24 heavy (non-hydrogen) atoms. The Hall–Kier alpha value is -2.18. The van der Waals surface area contributed by atoms with Crippen molar-refractivity contribution in [2.45, 2.75) is 18.9 Å². The summed E-state index contributed by atoms with van der Waals surface area (Å²) in [7, 11) is 0. The molecule has 0 radical (unpaired) electrons. The third-order valence-corrected chi connectivity index (χ3v) is 5.21. The number of rotatable bonds is 7. The molecular formula is C18H20N2O3S. The predicted molar refractivity (Wildman–Crippen MR) is 92.7 cm³/mol. The van der Waals surface area contributed by atoms with E-state index in [9.17, 15) is 14.7 Å². The summed E-state index contributed by atoms with van der Waals surface area (Å²) in [6, 6.07) is 11.9. The molecule has 6 heteroatoms. The van der Waals surface area contributed by atoms with Gasteiger partial charge in [0, 0.05) is 12.0 Å². The topological polar surface area (TPSA) is 78.4 Å². The highest BCUT2D eigenvalue weighted by atomic mass is 32.1. The fraction of sp³-hybridized carbons (Fsp3) is 0.333. The molecule has 0 saturated heterocycles. The lowest BCUT2D eigenvalue weighted by Gasteiger charge is -2.20. The Balaban J connectivity index is 1.72. The normalized spacial score (nSPS) is 16.2. The molecule has 1 fully saturated rings. The smallest absolute Gasteiger partial charge is 0.262 e. The summed E-state index contributed by atoms with van der Waals surface area (Å²) in [5.74, 6) is -0.525. The Morgan fingerprint density at radius 2 is 1.92 bits per heavy atom. The van der Waals surface area contributed by atoms with Crippen molar-refractivity contribution in [2.75, 3.05) is 13.2 Å². The standard InChI is InChI=1S/C18H20N2O3S/c21-12-18(8-9-18)11-19-17(23)15(13-5-2-1-3-6-13)20-16(22)14-7-4-10-24-14/h1-7,10,15,21H,8-9,11-12H2,(H,19,23)(H,20,22)/t15-/m1/s1. The maximum atomic E-state index is 12.6. The summed E-state index contributed by atoms with van der Waals surface area (Å²) >= 11 is 1.33. The summed E-state index contributed by atoms with van der Waals surface area (Å²) in [4.78, 5) is 25.5. The Morgan fingerprint density at radius 3 is 2.50 bits per heavy atom. The zero-order valence-electron chi connectivity index (χ0n) is 13.2. The van der Waals surface area contributed by atoms with Gasteiger partial charge in [-0.1, -0.05) is 36.4 Å². The number of nitrogens with one attached hydrogen (secondary N) is 2. The molecule has 1 aromatic heterocycles. The molecule has 2 amide bonds. The molecule has 0 bridgehead atoms. The van der Waals surface area contributed by atoms with Gasteiger partial charge >= 0.3 is 0 Å². The molecule has 1 aliphatic carbocycles. The van der Waals surface area contributed by atoms with Crippen LogP contribution in [0.1, 0.15) is 34.1 Å². The first kappa shape index (κ1) is 16.7. The molecule has 0 spiro atoms. The number of benzene rings is 1. The van der Waals surface area contributed by atoms with Crippen LogP contribution in [0.3, 0.4) is 0 Å². The van der Waals surface area contributed by atoms with Gasteiger partial charge in [-0.05, 0) is 29.9 Å². The molecule has 2 aromatic rings. The van der Waals surface area contributed by atoms with Crippen molar-refractivity contribution >= 4 is 23.2 Å². The lowest BCUT2D eigenvalue weighted by molar-refractivity contribution is -0.123. The van der Waals surface area contributed by atoms with Crippen LogP contribution in [0.2, 0.25) is 0 Å². The first-order chi connectivity index (χ1) is 11.6. The van der Waals surface area contributed by atoms with Crippen LogP contribution < -0.4 is 10.6 Å². The maximum Gasteiger partial charge on any atom is 0.262 e. The van der Waals surface area contributed by atoms with Crippen molar-refractivity contribution in [1.29, 1.82) is 0 Å². The first-order valence-electron chi connectivity index (χ1n) is 7.91. The number of aliphatic hydroxyl groups excluding tert-OH is 1. The number of hydrogen-bond acceptors (Lipinski definition) is 4. The Bertz CT molecular complexity index is 696. The minimum absolute atomic E-state index is 0.0742. The highest BCUT2D eigenvalue weighted by Crippen LogP contribution is 2.44. The summed E-state index contributed by atoms with van der Waals surface area (Å²) in [6.45, 7) is 0.505. The number of carbonyl (C=O) groups excluding carboxylic acids is 2. The van der Waals surface area contributed by atoms with Crippen molar-refractivity contribution in [1.82, 2.24) is 10.6 Å². The number of aliphatic hydroxyl groups is 1. The van der Waals surface area contributed by atoms with Crippen LogP contribution in [0, 0.1) is 5.41 Å². The zero-order valence-corrected chi connectivity index (χ0v) is 14.0. The van der Waals surface area contributed by atoms with Crippen LogP contribution in [0.25, 0.3) is 0 Å². The number of thiophene rings is 1. The van der Waals surface area contributed by atoms with E-state index in [4.69, 9.17) is 0 Å². The molecule has 1 aliphatic rings. The Morgan fingerprint density at radius 1 is 1.17 bits per heavy atom. The molecule has 126 valence electrons. The number of carbonyl (C=O) groups is 2. The van der Waals surface area contributed by atoms with Crippen molar-refractivity contribution < 1.29 is 14.7 Å². The van der Waals surface area contributed by atoms with Gasteiger partial charge in [0.05, 0.1) is 11.5 Å². The van der Waals surface area contributed by atoms with Crippen molar-refractivity contribution in [3.63, 3.8) is 0 Å². The van der Waals surface area contributed by atoms with Crippen LogP contribution in [0.15, 0.2) is 47.8 Å². The van der Waals surface area contributed by atoms with E-state index in [2.05, 4.69) is 10.6 Å². The third kappa shape index (κ3) is 3.83. The van der Waals surface area contributed by atoms with Crippen molar-refractivity contribution in [2.24, 2.45) is 5.41 Å². The predicted octanol–water partition coefficient (Wildman–Crippen LogP) is 2.11. The zero-order chi connectivity index (χ0) is 17.0. The van der Waals surface area contributed by atoms with E-state index >= 15 is 0 Å². The van der Waals surface area contributed by atoms with Gasteiger partial charge in [-0.25, -0.2) is 0 Å². The SMILES string of the molecule is O=C(N[C@@H](C(=O)NCC1(CO)CC1)c1ccccc1)c1cccs1. The monoisotopic (exact) mass is 344 g/mol. The van der Waals surface area contributed by atoms with Crippen molar-refractivity contribution in [3.8, 4) is 0 Å². The number of amides is 2. The van der Waals surface area contributed by atoms with Crippen LogP contribution in [0.5, 0.6) is 0 Å². The second-order valence-corrected chi connectivity index (χ2v) is 7.12. The average molecular weight is 344 g/mol. The van der Waals surface area contributed by atoms with E-state index in [0.29, 0.717) is 11.4 Å². The van der Waals surface area contributed by atoms with E-state index in [1.165, 1.54) is 11.3 Å². The highest BCUT2D eigenvalue weighted by molar-refractivity contribution is 7.12. The third-order valence-electron chi connectivity index (χ3n) is 4.35. The van der Waals surface area contributed by atoms with Crippen LogP contribution >= 0.6 is 11.3 Å². The largest absolute Gasteiger partial charge is 0.396 e. The summed E-state index contributed by atoms with van der Waals surface area (Å²) in [5, 5.41) is 16.9. The van der Waals surface area contributed by atoms with Crippen LogP contribution in [-0.2, 0) is 4.79 Å². The average Bonchev–Trinajstić information content (AvgIpc) is 3.19. The van der Waals surface area contributed by atoms with Gasteiger partial charge in [-0.2, -0.15) is 0 Å². The maximum absolute atomic E-state index is 12.6. The van der Waals surface area contributed by atoms with Gasteiger partial charge < -0.3 is 15.7 Å². The quantitative estimate of drug-likeness (QED) is 0.720. The first-order valence-corrected chi connectivity index (χ1v) is 8.79. The second-order valence-electron chi connectivity index (χ2n) is 6.17. The summed E-state index contributed by atoms with van der Waals surface area (Å²) in [5.41, 5.74) is 0.558. The van der Waals surface area contributed by atoms with Gasteiger partial charge in [-0.15, -0.1) is 11.3 Å². The fourth-order valence-corrected chi connectivity index (χ4v) is 3.13. The van der Waals surface area contributed by atoms with Crippen LogP contribution in [0.4, 0.5) is 0 Å². The summed E-state index contributed by atoms with van der Waals surface area (Å²) < 4.78 is 0. The highest BCUT2D eigenvalue weighted by Gasteiger charge is 2.42. The molecule has 1 heterocycles. The molecule has 5 nitrogen and oxygen atoms in total. The van der Waals surface area contributed by atoms with Gasteiger partial charge in [0.25, 0.3) is 5.91 Å². The molecule has 3 N–H and O–H groups in total. The van der Waals surface area contributed by atoms with Crippen molar-refractivity contribution in [3.05, 3.63) is 58.3 Å². The molecule has 0 unspecified atom stereocenters. The number of hydrogen-bond donors (Lipinski definition) is 3.